The van der Waals surface area contributed by atoms with Crippen LogP contribution in [0.1, 0.15) is 30.4 Å². The quantitative estimate of drug-likeness (QED) is 0.745. The van der Waals surface area contributed by atoms with Crippen molar-refractivity contribution in [1.82, 2.24) is 0 Å². The Hall–Kier alpha value is -2.66. The monoisotopic (exact) mass is 342 g/mol. The summed E-state index contributed by atoms with van der Waals surface area (Å²) in [5.41, 5.74) is -0.526. The van der Waals surface area contributed by atoms with Crippen LogP contribution in [0.4, 0.5) is 0 Å². The molecule has 0 heterocycles. The summed E-state index contributed by atoms with van der Waals surface area (Å²) in [4.78, 5) is 24.5. The first-order chi connectivity index (χ1) is 12.1. The average Bonchev–Trinajstić information content (AvgIpc) is 2.63. The molecule has 0 aliphatic rings. The Labute approximate surface area is 147 Å². The number of carboxylic acids is 1. The smallest absolute Gasteiger partial charge is 0.341 e. The minimum absolute atomic E-state index is 0.104. The number of esters is 1. The molecule has 0 amide bonds. The van der Waals surface area contributed by atoms with Crippen molar-refractivity contribution < 1.29 is 24.2 Å². The Kier molecular flexibility index (Phi) is 6.31. The molecule has 2 aromatic carbocycles. The Morgan fingerprint density at radius 2 is 1.60 bits per heavy atom. The van der Waals surface area contributed by atoms with Gasteiger partial charge in [-0.1, -0.05) is 60.7 Å². The van der Waals surface area contributed by atoms with Crippen LogP contribution in [0.2, 0.25) is 0 Å². The molecule has 0 aliphatic heterocycles. The fourth-order valence-electron chi connectivity index (χ4n) is 3.08. The van der Waals surface area contributed by atoms with Crippen molar-refractivity contribution in [3.05, 3.63) is 71.8 Å². The zero-order valence-electron chi connectivity index (χ0n) is 14.3. The minimum atomic E-state index is -1.70. The zero-order valence-corrected chi connectivity index (χ0v) is 14.3. The molecule has 0 unspecified atom stereocenters. The molecule has 1 N–H and O–H groups in total. The third kappa shape index (κ3) is 3.88. The lowest BCUT2D eigenvalue weighted by molar-refractivity contribution is -0.169. The van der Waals surface area contributed by atoms with Gasteiger partial charge in [0.2, 0.25) is 0 Å². The van der Waals surface area contributed by atoms with Gasteiger partial charge in [0.1, 0.15) is 0 Å². The van der Waals surface area contributed by atoms with Crippen molar-refractivity contribution in [3.8, 4) is 0 Å². The van der Waals surface area contributed by atoms with Crippen LogP contribution < -0.4 is 0 Å². The Morgan fingerprint density at radius 3 is 2.08 bits per heavy atom. The van der Waals surface area contributed by atoms with Gasteiger partial charge >= 0.3 is 11.9 Å². The third-order valence-electron chi connectivity index (χ3n) is 4.21. The molecular formula is C20H22O5. The van der Waals surface area contributed by atoms with E-state index < -0.39 is 23.5 Å². The van der Waals surface area contributed by atoms with Crippen LogP contribution in [0.25, 0.3) is 0 Å². The first kappa shape index (κ1) is 18.7. The van der Waals surface area contributed by atoms with Gasteiger partial charge in [-0.2, -0.15) is 0 Å². The molecule has 0 fully saturated rings. The molecule has 0 bridgehead atoms. The molecule has 0 saturated heterocycles. The highest BCUT2D eigenvalue weighted by molar-refractivity contribution is 5.83. The summed E-state index contributed by atoms with van der Waals surface area (Å²) in [5, 5.41) is 10.1. The fourth-order valence-corrected chi connectivity index (χ4v) is 3.08. The number of aliphatic carboxylic acids is 1. The van der Waals surface area contributed by atoms with E-state index in [1.54, 1.807) is 61.5 Å². The summed E-state index contributed by atoms with van der Waals surface area (Å²) in [6.45, 7) is 1.95. The van der Waals surface area contributed by atoms with E-state index in [0.29, 0.717) is 11.1 Å². The second-order valence-corrected chi connectivity index (χ2v) is 5.58. The average molecular weight is 342 g/mol. The molecule has 0 aromatic heterocycles. The van der Waals surface area contributed by atoms with E-state index in [1.165, 1.54) is 7.11 Å². The van der Waals surface area contributed by atoms with Crippen molar-refractivity contribution >= 4 is 11.9 Å². The maximum absolute atomic E-state index is 12.3. The van der Waals surface area contributed by atoms with E-state index in [2.05, 4.69) is 0 Å². The molecule has 5 heteroatoms. The number of rotatable bonds is 8. The number of hydrogen-bond acceptors (Lipinski definition) is 4. The molecule has 0 aliphatic carbocycles. The van der Waals surface area contributed by atoms with Crippen LogP contribution >= 0.6 is 0 Å². The van der Waals surface area contributed by atoms with Crippen molar-refractivity contribution in [2.24, 2.45) is 0 Å². The summed E-state index contributed by atoms with van der Waals surface area (Å²) < 4.78 is 10.6. The summed E-state index contributed by atoms with van der Waals surface area (Å²) in [6.07, 6.45) is -0.104. The lowest BCUT2D eigenvalue weighted by atomic mass is 9.75. The first-order valence-electron chi connectivity index (χ1n) is 8.10. The van der Waals surface area contributed by atoms with Gasteiger partial charge in [-0.05, 0) is 18.1 Å². The van der Waals surface area contributed by atoms with Gasteiger partial charge in [0.15, 0.2) is 5.60 Å². The second-order valence-electron chi connectivity index (χ2n) is 5.58. The Balaban J connectivity index is 2.61. The van der Waals surface area contributed by atoms with Gasteiger partial charge in [-0.25, -0.2) is 4.79 Å². The molecule has 25 heavy (non-hydrogen) atoms. The molecular weight excluding hydrogens is 320 g/mol. The van der Waals surface area contributed by atoms with Crippen molar-refractivity contribution in [1.29, 1.82) is 0 Å². The fraction of sp³-hybridized carbons (Fsp3) is 0.300. The number of methoxy groups -OCH3 is 1. The van der Waals surface area contributed by atoms with Crippen molar-refractivity contribution in [2.45, 2.75) is 24.9 Å². The third-order valence-corrected chi connectivity index (χ3v) is 4.21. The topological polar surface area (TPSA) is 72.8 Å². The highest BCUT2D eigenvalue weighted by Crippen LogP contribution is 2.42. The van der Waals surface area contributed by atoms with E-state index >= 15 is 0 Å². The zero-order chi connectivity index (χ0) is 18.3. The molecule has 2 aromatic rings. The standard InChI is InChI=1S/C20H22O5/c1-3-25-18(21)14-17(15-10-6-4-7-11-15)20(24-2,19(22)23)16-12-8-5-9-13-16/h4-13,17H,3,14H2,1-2H3,(H,22,23)/t17-,20+/m0/s1. The molecule has 2 rings (SSSR count). The van der Waals surface area contributed by atoms with Crippen LogP contribution in [0, 0.1) is 0 Å². The number of benzene rings is 2. The van der Waals surface area contributed by atoms with Gasteiger partial charge in [-0.15, -0.1) is 0 Å². The normalized spacial score (nSPS) is 14.3. The van der Waals surface area contributed by atoms with E-state index in [9.17, 15) is 14.7 Å². The maximum Gasteiger partial charge on any atom is 0.341 e. The summed E-state index contributed by atoms with van der Waals surface area (Å²) in [5.74, 6) is -2.35. The highest BCUT2D eigenvalue weighted by Gasteiger charge is 2.49. The predicted octanol–water partition coefficient (Wildman–Crippen LogP) is 3.35. The van der Waals surface area contributed by atoms with Crippen LogP contribution in [0.5, 0.6) is 0 Å². The van der Waals surface area contributed by atoms with E-state index in [1.807, 2.05) is 6.07 Å². The first-order valence-corrected chi connectivity index (χ1v) is 8.10. The van der Waals surface area contributed by atoms with Gasteiger partial charge in [0, 0.05) is 13.0 Å². The summed E-state index contributed by atoms with van der Waals surface area (Å²) in [7, 11) is 1.35. The number of hydrogen-bond donors (Lipinski definition) is 1. The van der Waals surface area contributed by atoms with E-state index in [0.717, 1.165) is 0 Å². The molecule has 132 valence electrons. The number of carbonyl (C=O) groups excluding carboxylic acids is 1. The van der Waals surface area contributed by atoms with Gasteiger partial charge in [-0.3, -0.25) is 4.79 Å². The SMILES string of the molecule is CCOC(=O)C[C@@H](c1ccccc1)[C@@](OC)(C(=O)O)c1ccccc1. The number of carbonyl (C=O) groups is 2. The van der Waals surface area contributed by atoms with Crippen molar-refractivity contribution in [2.75, 3.05) is 13.7 Å². The second kappa shape index (κ2) is 8.44. The molecule has 5 nitrogen and oxygen atoms in total. The summed E-state index contributed by atoms with van der Waals surface area (Å²) in [6, 6.07) is 17.7. The number of ether oxygens (including phenoxy) is 2. The summed E-state index contributed by atoms with van der Waals surface area (Å²) >= 11 is 0. The molecule has 0 saturated carbocycles. The van der Waals surface area contributed by atoms with Crippen LogP contribution in [-0.4, -0.2) is 30.8 Å². The molecule has 0 spiro atoms. The lowest BCUT2D eigenvalue weighted by Gasteiger charge is -2.36. The Bertz CT molecular complexity index is 699. The Morgan fingerprint density at radius 1 is 1.04 bits per heavy atom. The highest BCUT2D eigenvalue weighted by atomic mass is 16.5. The van der Waals surface area contributed by atoms with Crippen LogP contribution in [0.15, 0.2) is 60.7 Å². The predicted molar refractivity (Wildman–Crippen MR) is 93.2 cm³/mol. The van der Waals surface area contributed by atoms with Crippen LogP contribution in [0.3, 0.4) is 0 Å². The number of carboxylic acid groups (broad SMARTS) is 1. The van der Waals surface area contributed by atoms with Gasteiger partial charge < -0.3 is 14.6 Å². The minimum Gasteiger partial charge on any atom is -0.479 e. The lowest BCUT2D eigenvalue weighted by Crippen LogP contribution is -2.44. The largest absolute Gasteiger partial charge is 0.479 e. The molecule has 2 atom stereocenters. The van der Waals surface area contributed by atoms with Gasteiger partial charge in [0.25, 0.3) is 0 Å². The maximum atomic E-state index is 12.3. The van der Waals surface area contributed by atoms with E-state index in [-0.39, 0.29) is 13.0 Å². The van der Waals surface area contributed by atoms with Crippen LogP contribution in [-0.2, 0) is 24.7 Å². The van der Waals surface area contributed by atoms with Gasteiger partial charge in [0.05, 0.1) is 13.0 Å². The molecule has 0 radical (unpaired) electrons. The van der Waals surface area contributed by atoms with Crippen molar-refractivity contribution in [3.63, 3.8) is 0 Å². The van der Waals surface area contributed by atoms with E-state index in [4.69, 9.17) is 9.47 Å².